The monoisotopic (exact) mass is 307 g/mol. The molecule has 2 rings (SSSR count). The molecule has 110 valence electrons. The summed E-state index contributed by atoms with van der Waals surface area (Å²) in [6.45, 7) is 1.33. The molecule has 0 aliphatic rings. The minimum absolute atomic E-state index is 0.0499. The van der Waals surface area contributed by atoms with Gasteiger partial charge < -0.3 is 9.63 Å². The van der Waals surface area contributed by atoms with Gasteiger partial charge in [-0.05, 0) is 24.3 Å². The zero-order chi connectivity index (χ0) is 15.3. The third kappa shape index (κ3) is 4.13. The molecule has 21 heavy (non-hydrogen) atoms. The number of aliphatic hydroxyl groups excluding tert-OH is 1. The number of sulfonamides is 1. The number of benzene rings is 1. The van der Waals surface area contributed by atoms with Gasteiger partial charge in [-0.3, -0.25) is 0 Å². The van der Waals surface area contributed by atoms with E-state index in [1.54, 1.807) is 19.1 Å². The van der Waals surface area contributed by atoms with Gasteiger partial charge in [0, 0.05) is 12.5 Å². The minimum Gasteiger partial charge on any atom is -0.384 e. The molecule has 1 heterocycles. The van der Waals surface area contributed by atoms with Crippen molar-refractivity contribution in [2.75, 3.05) is 6.61 Å². The molecule has 0 radical (unpaired) electrons. The van der Waals surface area contributed by atoms with Crippen molar-refractivity contribution in [3.63, 3.8) is 0 Å². The van der Waals surface area contributed by atoms with E-state index in [0.717, 1.165) is 0 Å². The van der Waals surface area contributed by atoms with Crippen LogP contribution < -0.4 is 4.72 Å². The van der Waals surface area contributed by atoms with Crippen molar-refractivity contribution in [1.82, 2.24) is 14.9 Å². The number of hydrogen-bond donors (Lipinski definition) is 2. The lowest BCUT2D eigenvalue weighted by Gasteiger charge is -2.04. The third-order valence-corrected chi connectivity index (χ3v) is 3.88. The first-order valence-corrected chi connectivity index (χ1v) is 7.48. The van der Waals surface area contributed by atoms with Gasteiger partial charge in [-0.15, -0.1) is 0 Å². The van der Waals surface area contributed by atoms with Gasteiger partial charge in [0.2, 0.25) is 15.9 Å². The normalized spacial score (nSPS) is 11.0. The summed E-state index contributed by atoms with van der Waals surface area (Å²) < 4.78 is 31.3. The summed E-state index contributed by atoms with van der Waals surface area (Å²) in [7, 11) is -3.66. The Kier molecular flexibility index (Phi) is 4.70. The van der Waals surface area contributed by atoms with Gasteiger partial charge in [0.15, 0.2) is 5.82 Å². The van der Waals surface area contributed by atoms with Crippen molar-refractivity contribution >= 4 is 10.0 Å². The molecule has 2 N–H and O–H groups in total. The van der Waals surface area contributed by atoms with Gasteiger partial charge in [0.1, 0.15) is 6.61 Å². The number of aryl methyl sites for hydroxylation is 1. The second kappa shape index (κ2) is 6.49. The van der Waals surface area contributed by atoms with Crippen LogP contribution in [0.5, 0.6) is 0 Å². The van der Waals surface area contributed by atoms with Crippen LogP contribution in [0, 0.1) is 18.8 Å². The van der Waals surface area contributed by atoms with E-state index < -0.39 is 10.0 Å². The second-order valence-corrected chi connectivity index (χ2v) is 5.81. The molecule has 0 fully saturated rings. The molecular formula is C13H13N3O4S. The lowest BCUT2D eigenvalue weighted by Crippen LogP contribution is -2.23. The van der Waals surface area contributed by atoms with Crippen LogP contribution in [0.2, 0.25) is 0 Å². The van der Waals surface area contributed by atoms with Crippen molar-refractivity contribution in [3.05, 3.63) is 41.5 Å². The highest BCUT2D eigenvalue weighted by atomic mass is 32.2. The van der Waals surface area contributed by atoms with E-state index in [0.29, 0.717) is 11.5 Å². The van der Waals surface area contributed by atoms with E-state index in [1.807, 2.05) is 0 Å². The molecule has 0 aliphatic heterocycles. The number of rotatable bonds is 4. The van der Waals surface area contributed by atoms with Gasteiger partial charge in [-0.1, -0.05) is 17.0 Å². The Morgan fingerprint density at radius 1 is 1.33 bits per heavy atom. The summed E-state index contributed by atoms with van der Waals surface area (Å²) in [4.78, 5) is 4.02. The minimum atomic E-state index is -3.66. The van der Waals surface area contributed by atoms with Crippen molar-refractivity contribution in [2.45, 2.75) is 18.4 Å². The lowest BCUT2D eigenvalue weighted by atomic mass is 10.2. The zero-order valence-corrected chi connectivity index (χ0v) is 12.0. The molecule has 1 aromatic carbocycles. The van der Waals surface area contributed by atoms with Crippen LogP contribution in [0.15, 0.2) is 33.7 Å². The van der Waals surface area contributed by atoms with Gasteiger partial charge in [-0.25, -0.2) is 13.1 Å². The maximum absolute atomic E-state index is 12.1. The van der Waals surface area contributed by atoms with Gasteiger partial charge >= 0.3 is 0 Å². The number of nitrogens with one attached hydrogen (secondary N) is 1. The van der Waals surface area contributed by atoms with E-state index >= 15 is 0 Å². The molecule has 1 aromatic heterocycles. The highest BCUT2D eigenvalue weighted by Gasteiger charge is 2.14. The van der Waals surface area contributed by atoms with Crippen molar-refractivity contribution in [3.8, 4) is 11.8 Å². The van der Waals surface area contributed by atoms with Crippen molar-refractivity contribution in [1.29, 1.82) is 0 Å². The predicted octanol–water partition coefficient (Wildman–Crippen LogP) is 0.200. The molecule has 7 nitrogen and oxygen atoms in total. The SMILES string of the molecule is Cc1nc(CNS(=O)(=O)c2ccc(C#CCO)cc2)no1. The van der Waals surface area contributed by atoms with Crippen LogP contribution in [0.1, 0.15) is 17.3 Å². The molecule has 0 saturated carbocycles. The van der Waals surface area contributed by atoms with Gasteiger partial charge in [0.25, 0.3) is 0 Å². The van der Waals surface area contributed by atoms with Gasteiger partial charge in [0.05, 0.1) is 11.4 Å². The fourth-order valence-electron chi connectivity index (χ4n) is 1.52. The van der Waals surface area contributed by atoms with Crippen LogP contribution in [-0.2, 0) is 16.6 Å². The fourth-order valence-corrected chi connectivity index (χ4v) is 2.50. The van der Waals surface area contributed by atoms with E-state index in [-0.39, 0.29) is 23.9 Å². The zero-order valence-electron chi connectivity index (χ0n) is 11.2. The van der Waals surface area contributed by atoms with Gasteiger partial charge in [-0.2, -0.15) is 4.98 Å². The van der Waals surface area contributed by atoms with Crippen LogP contribution >= 0.6 is 0 Å². The van der Waals surface area contributed by atoms with E-state index in [1.165, 1.54) is 12.1 Å². The maximum atomic E-state index is 12.1. The first-order chi connectivity index (χ1) is 10.0. The molecule has 8 heteroatoms. The standard InChI is InChI=1S/C13H13N3O4S/c1-10-15-13(16-20-10)9-14-21(18,19)12-6-4-11(5-7-12)3-2-8-17/h4-7,14,17H,8-9H2,1H3. The van der Waals surface area contributed by atoms with Crippen molar-refractivity contribution < 1.29 is 18.0 Å². The van der Waals surface area contributed by atoms with Crippen molar-refractivity contribution in [2.24, 2.45) is 0 Å². The van der Waals surface area contributed by atoms with Crippen LogP contribution in [0.25, 0.3) is 0 Å². The molecule has 0 bridgehead atoms. The van der Waals surface area contributed by atoms with E-state index in [9.17, 15) is 8.42 Å². The quantitative estimate of drug-likeness (QED) is 0.782. The van der Waals surface area contributed by atoms with E-state index in [2.05, 4.69) is 26.7 Å². The molecule has 0 spiro atoms. The largest absolute Gasteiger partial charge is 0.384 e. The van der Waals surface area contributed by atoms with Crippen LogP contribution in [-0.4, -0.2) is 30.3 Å². The maximum Gasteiger partial charge on any atom is 0.240 e. The Morgan fingerprint density at radius 2 is 2.05 bits per heavy atom. The molecule has 0 saturated heterocycles. The topological polar surface area (TPSA) is 105 Å². The first-order valence-electron chi connectivity index (χ1n) is 6.00. The first kappa shape index (κ1) is 15.2. The Hall–Kier alpha value is -2.21. The van der Waals surface area contributed by atoms with E-state index in [4.69, 9.17) is 9.63 Å². The number of hydrogen-bond acceptors (Lipinski definition) is 6. The summed E-state index contributed by atoms with van der Waals surface area (Å²) in [5, 5.41) is 12.2. The van der Waals surface area contributed by atoms with Crippen LogP contribution in [0.4, 0.5) is 0 Å². The summed E-state index contributed by atoms with van der Waals surface area (Å²) in [6.07, 6.45) is 0. The van der Waals surface area contributed by atoms with Crippen LogP contribution in [0.3, 0.4) is 0 Å². The summed E-state index contributed by atoms with van der Waals surface area (Å²) in [6, 6.07) is 6.00. The predicted molar refractivity (Wildman–Crippen MR) is 73.5 cm³/mol. The number of nitrogens with zero attached hydrogens (tertiary/aromatic N) is 2. The number of aromatic nitrogens is 2. The molecule has 0 atom stereocenters. The highest BCUT2D eigenvalue weighted by molar-refractivity contribution is 7.89. The smallest absolute Gasteiger partial charge is 0.240 e. The lowest BCUT2D eigenvalue weighted by molar-refractivity contribution is 0.350. The fraction of sp³-hybridized carbons (Fsp3) is 0.231. The molecule has 0 aliphatic carbocycles. The Morgan fingerprint density at radius 3 is 2.62 bits per heavy atom. The molecule has 2 aromatic rings. The third-order valence-electron chi connectivity index (χ3n) is 2.47. The average molecular weight is 307 g/mol. The molecular weight excluding hydrogens is 294 g/mol. The highest BCUT2D eigenvalue weighted by Crippen LogP contribution is 2.10. The Bertz CT molecular complexity index is 770. The average Bonchev–Trinajstić information content (AvgIpc) is 2.89. The summed E-state index contributed by atoms with van der Waals surface area (Å²) in [5.41, 5.74) is 0.622. The summed E-state index contributed by atoms with van der Waals surface area (Å²) >= 11 is 0. The Labute approximate surface area is 122 Å². The molecule has 0 unspecified atom stereocenters. The second-order valence-electron chi connectivity index (χ2n) is 4.04. The molecule has 0 amide bonds. The number of aliphatic hydroxyl groups is 1. The summed E-state index contributed by atoms with van der Waals surface area (Å²) in [5.74, 6) is 5.81. The Balaban J connectivity index is 2.08.